The second-order valence-corrected chi connectivity index (χ2v) is 10.9. The van der Waals surface area contributed by atoms with E-state index < -0.39 is 0 Å². The van der Waals surface area contributed by atoms with Crippen LogP contribution in [0.1, 0.15) is 0 Å². The summed E-state index contributed by atoms with van der Waals surface area (Å²) in [5, 5.41) is 4.74. The lowest BCUT2D eigenvalue weighted by molar-refractivity contribution is 0.0121. The predicted octanol–water partition coefficient (Wildman–Crippen LogP) is 3.96. The molecular weight excluding hydrogens is 562 g/mol. The van der Waals surface area contributed by atoms with Gasteiger partial charge in [0.05, 0.1) is 36.9 Å². The number of ether oxygens (including phenoxy) is 4. The Hall–Kier alpha value is -2.21. The lowest BCUT2D eigenvalue weighted by atomic mass is 10.1. The van der Waals surface area contributed by atoms with Crippen molar-refractivity contribution in [3.63, 3.8) is 0 Å². The van der Waals surface area contributed by atoms with Gasteiger partial charge in [0.25, 0.3) is 0 Å². The second-order valence-electron chi connectivity index (χ2n) is 9.66. The van der Waals surface area contributed by atoms with Crippen molar-refractivity contribution in [1.29, 1.82) is 0 Å². The van der Waals surface area contributed by atoms with Gasteiger partial charge in [0.1, 0.15) is 24.4 Å². The average molecular weight is 591 g/mol. The van der Waals surface area contributed by atoms with Crippen molar-refractivity contribution in [2.75, 3.05) is 58.9 Å². The van der Waals surface area contributed by atoms with Crippen LogP contribution < -0.4 is 14.8 Å². The van der Waals surface area contributed by atoms with Crippen LogP contribution in [0.15, 0.2) is 41.1 Å². The molecule has 9 nitrogen and oxygen atoms in total. The van der Waals surface area contributed by atoms with Crippen molar-refractivity contribution in [2.24, 2.45) is 0 Å². The standard InChI is InChI=1S/C26H29BrClN5O4/c1-32-5-7-33(8-6-32)20-12-35-25-23(13-36-24(20)25)37-22-11-19-16(10-21(22)34-2)26(30-14-29-19)31-15-3-4-17(27)18(28)9-15/h3-4,9-11,14,20,23-25H,5-8,12-13H2,1-2H3,(H,29,30,31)/t20-,23?,24+,25+/m1/s1. The number of aromatic nitrogens is 2. The van der Waals surface area contributed by atoms with Gasteiger partial charge in [0.15, 0.2) is 17.6 Å². The van der Waals surface area contributed by atoms with E-state index in [1.54, 1.807) is 7.11 Å². The third-order valence-electron chi connectivity index (χ3n) is 7.37. The summed E-state index contributed by atoms with van der Waals surface area (Å²) in [7, 11) is 3.79. The molecule has 0 saturated carbocycles. The van der Waals surface area contributed by atoms with Crippen molar-refractivity contribution in [3.05, 3.63) is 46.2 Å². The Morgan fingerprint density at radius 2 is 1.84 bits per heavy atom. The third-order valence-corrected chi connectivity index (χ3v) is 8.60. The van der Waals surface area contributed by atoms with Crippen LogP contribution in [-0.4, -0.2) is 97.7 Å². The van der Waals surface area contributed by atoms with Crippen LogP contribution in [0.3, 0.4) is 0 Å². The first-order valence-electron chi connectivity index (χ1n) is 12.4. The number of fused-ring (bicyclic) bond motifs is 2. The Kier molecular flexibility index (Phi) is 7.13. The molecule has 1 unspecified atom stereocenters. The van der Waals surface area contributed by atoms with Gasteiger partial charge in [0.2, 0.25) is 0 Å². The topological polar surface area (TPSA) is 81.2 Å². The first-order valence-corrected chi connectivity index (χ1v) is 13.5. The Morgan fingerprint density at radius 1 is 1.03 bits per heavy atom. The maximum absolute atomic E-state index is 6.45. The number of methoxy groups -OCH3 is 1. The van der Waals surface area contributed by atoms with E-state index in [0.29, 0.717) is 35.6 Å². The van der Waals surface area contributed by atoms with E-state index in [-0.39, 0.29) is 24.4 Å². The molecule has 4 atom stereocenters. The first kappa shape index (κ1) is 25.1. The molecule has 1 N–H and O–H groups in total. The van der Waals surface area contributed by atoms with Gasteiger partial charge in [-0.1, -0.05) is 11.6 Å². The maximum atomic E-state index is 6.45. The van der Waals surface area contributed by atoms with Gasteiger partial charge in [-0.15, -0.1) is 0 Å². The minimum atomic E-state index is -0.224. The molecule has 3 aliphatic rings. The maximum Gasteiger partial charge on any atom is 0.164 e. The molecule has 0 amide bonds. The first-order chi connectivity index (χ1) is 18.0. The minimum absolute atomic E-state index is 0.00992. The van der Waals surface area contributed by atoms with E-state index in [4.69, 9.17) is 30.5 Å². The number of piperazine rings is 1. The number of anilines is 2. The molecule has 196 valence electrons. The van der Waals surface area contributed by atoms with E-state index in [2.05, 4.69) is 48.1 Å². The Bertz CT molecular complexity index is 1290. The molecular formula is C26H29BrClN5O4. The summed E-state index contributed by atoms with van der Waals surface area (Å²) >= 11 is 9.69. The highest BCUT2D eigenvalue weighted by molar-refractivity contribution is 9.10. The zero-order valence-corrected chi connectivity index (χ0v) is 23.0. The molecule has 11 heteroatoms. The van der Waals surface area contributed by atoms with E-state index >= 15 is 0 Å². The molecule has 4 heterocycles. The van der Waals surface area contributed by atoms with Crippen LogP contribution in [0.25, 0.3) is 10.9 Å². The van der Waals surface area contributed by atoms with Crippen LogP contribution in [0.4, 0.5) is 11.5 Å². The average Bonchev–Trinajstić information content (AvgIpc) is 3.50. The van der Waals surface area contributed by atoms with Gasteiger partial charge in [-0.2, -0.15) is 0 Å². The van der Waals surface area contributed by atoms with Crippen LogP contribution in [-0.2, 0) is 9.47 Å². The van der Waals surface area contributed by atoms with E-state index in [1.807, 2.05) is 30.3 Å². The Balaban J connectivity index is 1.21. The van der Waals surface area contributed by atoms with Gasteiger partial charge in [-0.05, 0) is 47.2 Å². The summed E-state index contributed by atoms with van der Waals surface area (Å²) in [5.74, 6) is 1.84. The molecule has 3 aromatic rings. The molecule has 6 rings (SSSR count). The normalized spacial score (nSPS) is 26.4. The number of likely N-dealkylation sites (N-methyl/N-ethyl adjacent to an activating group) is 1. The number of halogens is 2. The third kappa shape index (κ3) is 4.98. The Morgan fingerprint density at radius 3 is 2.62 bits per heavy atom. The highest BCUT2D eigenvalue weighted by Crippen LogP contribution is 2.39. The van der Waals surface area contributed by atoms with Crippen molar-refractivity contribution in [3.8, 4) is 11.5 Å². The second kappa shape index (κ2) is 10.5. The van der Waals surface area contributed by atoms with Crippen LogP contribution in [0.5, 0.6) is 11.5 Å². The molecule has 1 aromatic heterocycles. The number of nitrogens with one attached hydrogen (secondary N) is 1. The fraction of sp³-hybridized carbons (Fsp3) is 0.462. The van der Waals surface area contributed by atoms with Gasteiger partial charge in [-0.3, -0.25) is 4.90 Å². The lowest BCUT2D eigenvalue weighted by Gasteiger charge is -2.37. The smallest absolute Gasteiger partial charge is 0.164 e. The summed E-state index contributed by atoms with van der Waals surface area (Å²) < 4.78 is 25.4. The van der Waals surface area contributed by atoms with Crippen LogP contribution in [0, 0.1) is 0 Å². The van der Waals surface area contributed by atoms with Crippen LogP contribution >= 0.6 is 27.5 Å². The zero-order chi connectivity index (χ0) is 25.5. The number of rotatable bonds is 6. The molecule has 0 spiro atoms. The minimum Gasteiger partial charge on any atom is -0.493 e. The molecule has 0 bridgehead atoms. The quantitative estimate of drug-likeness (QED) is 0.459. The molecule has 3 aliphatic heterocycles. The van der Waals surface area contributed by atoms with Gasteiger partial charge >= 0.3 is 0 Å². The number of hydrogen-bond acceptors (Lipinski definition) is 9. The van der Waals surface area contributed by atoms with Crippen molar-refractivity contribution < 1.29 is 18.9 Å². The SMILES string of the molecule is COc1cc2c(Nc3ccc(Br)c(Cl)c3)ncnc2cc1OC1CO[C@H]2[C@H](N3CCN(C)CC3)CO[C@@H]12. The summed E-state index contributed by atoms with van der Waals surface area (Å²) in [6, 6.07) is 9.68. The number of hydrogen-bond donors (Lipinski definition) is 1. The summed E-state index contributed by atoms with van der Waals surface area (Å²) in [4.78, 5) is 13.8. The fourth-order valence-corrected chi connectivity index (χ4v) is 5.73. The predicted molar refractivity (Wildman–Crippen MR) is 145 cm³/mol. The molecule has 3 fully saturated rings. The molecule has 0 aliphatic carbocycles. The van der Waals surface area contributed by atoms with Crippen LogP contribution in [0.2, 0.25) is 5.02 Å². The van der Waals surface area contributed by atoms with Gasteiger partial charge < -0.3 is 29.2 Å². The van der Waals surface area contributed by atoms with Crippen molar-refractivity contribution in [1.82, 2.24) is 19.8 Å². The molecule has 0 radical (unpaired) electrons. The fourth-order valence-electron chi connectivity index (χ4n) is 5.30. The summed E-state index contributed by atoms with van der Waals surface area (Å²) in [5.41, 5.74) is 1.55. The van der Waals surface area contributed by atoms with E-state index in [9.17, 15) is 0 Å². The molecule has 3 saturated heterocycles. The number of benzene rings is 2. The summed E-state index contributed by atoms with van der Waals surface area (Å²) in [6.07, 6.45) is 1.19. The van der Waals surface area contributed by atoms with Crippen molar-refractivity contribution >= 4 is 49.9 Å². The van der Waals surface area contributed by atoms with E-state index in [1.165, 1.54) is 6.33 Å². The summed E-state index contributed by atoms with van der Waals surface area (Å²) in [6.45, 7) is 5.33. The zero-order valence-electron chi connectivity index (χ0n) is 20.7. The Labute approximate surface area is 229 Å². The van der Waals surface area contributed by atoms with Gasteiger partial charge in [0, 0.05) is 47.8 Å². The monoisotopic (exact) mass is 589 g/mol. The lowest BCUT2D eigenvalue weighted by Crippen LogP contribution is -2.53. The molecule has 2 aromatic carbocycles. The van der Waals surface area contributed by atoms with Gasteiger partial charge in [-0.25, -0.2) is 9.97 Å². The molecule has 37 heavy (non-hydrogen) atoms. The number of nitrogens with zero attached hydrogens (tertiary/aromatic N) is 4. The largest absolute Gasteiger partial charge is 0.493 e. The van der Waals surface area contributed by atoms with Crippen molar-refractivity contribution in [2.45, 2.75) is 24.4 Å². The highest BCUT2D eigenvalue weighted by atomic mass is 79.9. The highest BCUT2D eigenvalue weighted by Gasteiger charge is 2.51. The van der Waals surface area contributed by atoms with E-state index in [0.717, 1.165) is 47.2 Å².